The lowest BCUT2D eigenvalue weighted by molar-refractivity contribution is 0.112. The maximum Gasteiger partial charge on any atom is 0.150 e. The van der Waals surface area contributed by atoms with Crippen LogP contribution < -0.4 is 0 Å². The van der Waals surface area contributed by atoms with Crippen LogP contribution in [0.5, 0.6) is 0 Å². The number of rotatable bonds is 3. The van der Waals surface area contributed by atoms with E-state index in [1.165, 1.54) is 0 Å². The summed E-state index contributed by atoms with van der Waals surface area (Å²) in [4.78, 5) is 14.6. The molecule has 0 radical (unpaired) electrons. The van der Waals surface area contributed by atoms with Crippen LogP contribution in [0.25, 0.3) is 0 Å². The Balaban J connectivity index is 3.00. The molecule has 1 rings (SSSR count). The van der Waals surface area contributed by atoms with Crippen molar-refractivity contribution in [3.8, 4) is 0 Å². The molecule has 0 fully saturated rings. The summed E-state index contributed by atoms with van der Waals surface area (Å²) < 4.78 is 0. The van der Waals surface area contributed by atoms with Gasteiger partial charge in [-0.15, -0.1) is 0 Å². The van der Waals surface area contributed by atoms with Crippen molar-refractivity contribution in [3.63, 3.8) is 0 Å². The molecule has 0 amide bonds. The highest BCUT2D eigenvalue weighted by atomic mass is 16.1. The van der Waals surface area contributed by atoms with Crippen LogP contribution in [-0.4, -0.2) is 12.5 Å². The van der Waals surface area contributed by atoms with Gasteiger partial charge in [0.15, 0.2) is 0 Å². The molecule has 72 valence electrons. The molecule has 14 heavy (non-hydrogen) atoms. The molecule has 0 bridgehead atoms. The van der Waals surface area contributed by atoms with Gasteiger partial charge in [0.2, 0.25) is 0 Å². The number of hydrogen-bond donors (Lipinski definition) is 0. The summed E-state index contributed by atoms with van der Waals surface area (Å²) in [6, 6.07) is 5.50. The van der Waals surface area contributed by atoms with Gasteiger partial charge in [-0.3, -0.25) is 9.79 Å². The van der Waals surface area contributed by atoms with Crippen LogP contribution in [0.1, 0.15) is 28.4 Å². The third kappa shape index (κ3) is 2.66. The van der Waals surface area contributed by atoms with E-state index in [9.17, 15) is 4.79 Å². The van der Waals surface area contributed by atoms with Gasteiger partial charge in [0.05, 0.1) is 0 Å². The molecule has 2 heteroatoms. The molecule has 0 aliphatic heterocycles. The summed E-state index contributed by atoms with van der Waals surface area (Å²) in [6.45, 7) is 7.47. The molecule has 0 heterocycles. The van der Waals surface area contributed by atoms with Gasteiger partial charge in [-0.05, 0) is 31.0 Å². The van der Waals surface area contributed by atoms with E-state index in [4.69, 9.17) is 0 Å². The first-order valence-electron chi connectivity index (χ1n) is 4.39. The minimum absolute atomic E-state index is 0.690. The minimum atomic E-state index is 0.690. The third-order valence-corrected chi connectivity index (χ3v) is 1.85. The van der Waals surface area contributed by atoms with Gasteiger partial charge in [-0.1, -0.05) is 18.7 Å². The van der Waals surface area contributed by atoms with Gasteiger partial charge in [-0.2, -0.15) is 0 Å². The van der Waals surface area contributed by atoms with Crippen LogP contribution in [0.2, 0.25) is 0 Å². The Labute approximate surface area is 84.0 Å². The van der Waals surface area contributed by atoms with E-state index in [1.54, 1.807) is 12.3 Å². The molecule has 1 aromatic carbocycles. The Morgan fingerprint density at radius 3 is 2.71 bits per heavy atom. The van der Waals surface area contributed by atoms with Gasteiger partial charge >= 0.3 is 0 Å². The fourth-order valence-electron chi connectivity index (χ4n) is 1.10. The molecule has 0 saturated heterocycles. The third-order valence-electron chi connectivity index (χ3n) is 1.85. The molecule has 2 nitrogen and oxygen atoms in total. The van der Waals surface area contributed by atoms with E-state index in [-0.39, 0.29) is 0 Å². The summed E-state index contributed by atoms with van der Waals surface area (Å²) in [7, 11) is 0. The molecular formula is C12H13NO. The number of carbonyl (C=O) groups is 1. The normalized spacial score (nSPS) is 10.4. The molecule has 0 N–H and O–H groups in total. The van der Waals surface area contributed by atoms with Gasteiger partial charge in [0, 0.05) is 17.5 Å². The molecular weight excluding hydrogens is 174 g/mol. The lowest BCUT2D eigenvalue weighted by atomic mass is 10.1. The monoisotopic (exact) mass is 187 g/mol. The average molecular weight is 187 g/mol. The van der Waals surface area contributed by atoms with Crippen molar-refractivity contribution in [2.24, 2.45) is 4.99 Å². The molecule has 0 aliphatic rings. The van der Waals surface area contributed by atoms with Crippen molar-refractivity contribution in [2.45, 2.75) is 13.8 Å². The highest BCUT2D eigenvalue weighted by Gasteiger charge is 1.96. The summed E-state index contributed by atoms with van der Waals surface area (Å²) in [5.41, 5.74) is 3.51. The lowest BCUT2D eigenvalue weighted by Crippen LogP contribution is -1.89. The number of hydrogen-bond acceptors (Lipinski definition) is 2. The number of carbonyl (C=O) groups excluding carboxylic acids is 1. The molecule has 0 aromatic heterocycles. The van der Waals surface area contributed by atoms with Crippen LogP contribution in [0, 0.1) is 6.92 Å². The first kappa shape index (κ1) is 10.4. The number of nitrogens with zero attached hydrogens (tertiary/aromatic N) is 1. The summed E-state index contributed by atoms with van der Waals surface area (Å²) in [5.74, 6) is 0. The zero-order chi connectivity index (χ0) is 10.6. The maximum atomic E-state index is 10.5. The number of aryl methyl sites for hydroxylation is 1. The zero-order valence-corrected chi connectivity index (χ0v) is 8.45. The van der Waals surface area contributed by atoms with Crippen molar-refractivity contribution < 1.29 is 4.79 Å². The highest BCUT2D eigenvalue weighted by molar-refractivity contribution is 5.84. The first-order chi connectivity index (χ1) is 6.63. The Bertz CT molecular complexity index is 391. The fourth-order valence-corrected chi connectivity index (χ4v) is 1.10. The molecule has 0 atom stereocenters. The second-order valence-electron chi connectivity index (χ2n) is 3.23. The number of allylic oxidation sites excluding steroid dienone is 1. The van der Waals surface area contributed by atoms with Crippen LogP contribution in [0.4, 0.5) is 0 Å². The number of aliphatic imine (C=N–C) groups is 1. The van der Waals surface area contributed by atoms with Crippen LogP contribution in [-0.2, 0) is 0 Å². The Morgan fingerprint density at radius 1 is 1.50 bits per heavy atom. The second-order valence-corrected chi connectivity index (χ2v) is 3.23. The van der Waals surface area contributed by atoms with Gasteiger partial charge in [-0.25, -0.2) is 0 Å². The van der Waals surface area contributed by atoms with E-state index in [2.05, 4.69) is 11.6 Å². The number of benzene rings is 1. The Kier molecular flexibility index (Phi) is 3.35. The second kappa shape index (κ2) is 4.51. The van der Waals surface area contributed by atoms with E-state index >= 15 is 0 Å². The first-order valence-corrected chi connectivity index (χ1v) is 4.39. The largest absolute Gasteiger partial charge is 0.298 e. The Hall–Kier alpha value is -1.70. The molecule has 1 aromatic rings. The average Bonchev–Trinajstić information content (AvgIpc) is 2.15. The van der Waals surface area contributed by atoms with E-state index in [1.807, 2.05) is 26.0 Å². The quantitative estimate of drug-likeness (QED) is 0.528. The van der Waals surface area contributed by atoms with E-state index in [0.717, 1.165) is 23.1 Å². The van der Waals surface area contributed by atoms with Gasteiger partial charge in [0.25, 0.3) is 0 Å². The number of aldehydes is 1. The minimum Gasteiger partial charge on any atom is -0.298 e. The molecule has 0 aliphatic carbocycles. The van der Waals surface area contributed by atoms with Crippen LogP contribution >= 0.6 is 0 Å². The van der Waals surface area contributed by atoms with Crippen molar-refractivity contribution in [1.29, 1.82) is 0 Å². The summed E-state index contributed by atoms with van der Waals surface area (Å²) >= 11 is 0. The summed E-state index contributed by atoms with van der Waals surface area (Å²) in [5, 5.41) is 0. The van der Waals surface area contributed by atoms with Crippen LogP contribution in [0.3, 0.4) is 0 Å². The van der Waals surface area contributed by atoms with E-state index in [0.29, 0.717) is 5.56 Å². The van der Waals surface area contributed by atoms with Crippen molar-refractivity contribution >= 4 is 12.5 Å². The molecule has 0 unspecified atom stereocenters. The van der Waals surface area contributed by atoms with Crippen LogP contribution in [0.15, 0.2) is 35.5 Å². The van der Waals surface area contributed by atoms with Crippen molar-refractivity contribution in [3.05, 3.63) is 47.2 Å². The predicted molar refractivity (Wildman–Crippen MR) is 59.0 cm³/mol. The van der Waals surface area contributed by atoms with Gasteiger partial charge in [0.1, 0.15) is 6.29 Å². The standard InChI is InChI=1S/C12H13NO/c1-9(2)13-7-12-5-4-11(8-14)6-10(12)3/h4-8H,1H2,2-3H3. The predicted octanol–water partition coefficient (Wildman–Crippen LogP) is 2.76. The SMILES string of the molecule is C=C(C)N=Cc1ccc(C=O)cc1C. The smallest absolute Gasteiger partial charge is 0.150 e. The molecule has 0 saturated carbocycles. The van der Waals surface area contributed by atoms with Crippen molar-refractivity contribution in [2.75, 3.05) is 0 Å². The maximum absolute atomic E-state index is 10.5. The highest BCUT2D eigenvalue weighted by Crippen LogP contribution is 2.08. The molecule has 0 spiro atoms. The zero-order valence-electron chi connectivity index (χ0n) is 8.45. The fraction of sp³-hybridized carbons (Fsp3) is 0.167. The lowest BCUT2D eigenvalue weighted by Gasteiger charge is -1.99. The van der Waals surface area contributed by atoms with Gasteiger partial charge < -0.3 is 0 Å². The summed E-state index contributed by atoms with van der Waals surface area (Å²) in [6.07, 6.45) is 2.60. The van der Waals surface area contributed by atoms with E-state index < -0.39 is 0 Å². The topological polar surface area (TPSA) is 29.4 Å². The Morgan fingerprint density at radius 2 is 2.21 bits per heavy atom. The van der Waals surface area contributed by atoms with Crippen molar-refractivity contribution in [1.82, 2.24) is 0 Å².